The van der Waals surface area contributed by atoms with E-state index in [2.05, 4.69) is 22.6 Å². The first kappa shape index (κ1) is 12.2. The van der Waals surface area contributed by atoms with Gasteiger partial charge in [-0.3, -0.25) is 0 Å². The highest BCUT2D eigenvalue weighted by Gasteiger charge is 2.07. The van der Waals surface area contributed by atoms with E-state index in [-0.39, 0.29) is 5.75 Å². The van der Waals surface area contributed by atoms with E-state index in [4.69, 9.17) is 10.5 Å². The molecule has 2 aromatic rings. The Morgan fingerprint density at radius 1 is 1.12 bits per heavy atom. The van der Waals surface area contributed by atoms with E-state index in [1.807, 2.05) is 24.3 Å². The van der Waals surface area contributed by atoms with E-state index < -0.39 is 5.82 Å². The van der Waals surface area contributed by atoms with E-state index in [9.17, 15) is 4.39 Å². The van der Waals surface area contributed by atoms with Crippen LogP contribution in [0.5, 0.6) is 5.75 Å². The molecule has 0 fully saturated rings. The van der Waals surface area contributed by atoms with E-state index in [0.717, 1.165) is 9.13 Å². The molecular weight excluding hydrogens is 332 g/mol. The Balaban J connectivity index is 2.10. The van der Waals surface area contributed by atoms with E-state index >= 15 is 0 Å². The van der Waals surface area contributed by atoms with Crippen molar-refractivity contribution in [3.05, 3.63) is 57.4 Å². The Morgan fingerprint density at radius 2 is 1.82 bits per heavy atom. The lowest BCUT2D eigenvalue weighted by Gasteiger charge is -2.09. The molecule has 0 bridgehead atoms. The first-order valence-corrected chi connectivity index (χ1v) is 6.16. The van der Waals surface area contributed by atoms with Gasteiger partial charge in [-0.05, 0) is 52.4 Å². The van der Waals surface area contributed by atoms with Gasteiger partial charge < -0.3 is 10.5 Å². The van der Waals surface area contributed by atoms with Gasteiger partial charge in [-0.25, -0.2) is 4.39 Å². The van der Waals surface area contributed by atoms with Crippen LogP contribution in [0.2, 0.25) is 0 Å². The molecule has 2 nitrogen and oxygen atoms in total. The second-order valence-corrected chi connectivity index (χ2v) is 4.82. The summed E-state index contributed by atoms with van der Waals surface area (Å²) < 4.78 is 20.0. The molecule has 2 rings (SSSR count). The summed E-state index contributed by atoms with van der Waals surface area (Å²) in [5.74, 6) is -0.318. The molecule has 0 amide bonds. The maximum atomic E-state index is 13.4. The SMILES string of the molecule is Nc1cccc(F)c1OCc1ccc(I)cc1. The van der Waals surface area contributed by atoms with Gasteiger partial charge in [-0.1, -0.05) is 18.2 Å². The van der Waals surface area contributed by atoms with E-state index in [0.29, 0.717) is 12.3 Å². The predicted molar refractivity (Wildman–Crippen MR) is 74.3 cm³/mol. The number of halogens is 2. The van der Waals surface area contributed by atoms with Crippen LogP contribution in [0.3, 0.4) is 0 Å². The molecule has 0 heterocycles. The predicted octanol–water partition coefficient (Wildman–Crippen LogP) is 3.59. The minimum Gasteiger partial charge on any atom is -0.484 e. The molecule has 2 aromatic carbocycles. The summed E-state index contributed by atoms with van der Waals surface area (Å²) in [6.07, 6.45) is 0. The number of hydrogen-bond acceptors (Lipinski definition) is 2. The van der Waals surface area contributed by atoms with Crippen molar-refractivity contribution in [1.29, 1.82) is 0 Å². The number of anilines is 1. The van der Waals surface area contributed by atoms with Crippen LogP contribution in [0.1, 0.15) is 5.56 Å². The summed E-state index contributed by atoms with van der Waals surface area (Å²) in [4.78, 5) is 0. The molecule has 17 heavy (non-hydrogen) atoms. The van der Waals surface area contributed by atoms with Crippen molar-refractivity contribution in [3.8, 4) is 5.75 Å². The minimum absolute atomic E-state index is 0.117. The number of benzene rings is 2. The normalized spacial score (nSPS) is 10.2. The molecule has 0 saturated heterocycles. The molecule has 4 heteroatoms. The molecular formula is C13H11FINO. The van der Waals surface area contributed by atoms with Crippen LogP contribution in [0, 0.1) is 9.39 Å². The second-order valence-electron chi connectivity index (χ2n) is 3.57. The third-order valence-corrected chi connectivity index (χ3v) is 3.01. The summed E-state index contributed by atoms with van der Waals surface area (Å²) in [7, 11) is 0. The Morgan fingerprint density at radius 3 is 2.47 bits per heavy atom. The van der Waals surface area contributed by atoms with Gasteiger partial charge >= 0.3 is 0 Å². The highest BCUT2D eigenvalue weighted by Crippen LogP contribution is 2.25. The van der Waals surface area contributed by atoms with Crippen molar-refractivity contribution in [2.45, 2.75) is 6.61 Å². The molecule has 0 aromatic heterocycles. The Bertz CT molecular complexity index is 493. The highest BCUT2D eigenvalue weighted by molar-refractivity contribution is 14.1. The molecule has 0 unspecified atom stereocenters. The average molecular weight is 343 g/mol. The van der Waals surface area contributed by atoms with E-state index in [1.54, 1.807) is 12.1 Å². The molecule has 0 spiro atoms. The lowest BCUT2D eigenvalue weighted by molar-refractivity contribution is 0.292. The van der Waals surface area contributed by atoms with Crippen molar-refractivity contribution in [2.75, 3.05) is 5.73 Å². The van der Waals surface area contributed by atoms with Crippen LogP contribution in [0.4, 0.5) is 10.1 Å². The number of nitrogens with two attached hydrogens (primary N) is 1. The summed E-state index contributed by atoms with van der Waals surface area (Å²) in [5, 5.41) is 0. The number of para-hydroxylation sites is 1. The van der Waals surface area contributed by atoms with Gasteiger partial charge in [0, 0.05) is 3.57 Å². The van der Waals surface area contributed by atoms with Crippen molar-refractivity contribution in [1.82, 2.24) is 0 Å². The zero-order valence-corrected chi connectivity index (χ0v) is 11.1. The molecule has 0 aliphatic heterocycles. The average Bonchev–Trinajstić information content (AvgIpc) is 2.31. The Labute approximate surface area is 113 Å². The fraction of sp³-hybridized carbons (Fsp3) is 0.0769. The summed E-state index contributed by atoms with van der Waals surface area (Å²) in [6.45, 7) is 0.308. The van der Waals surface area contributed by atoms with Crippen LogP contribution in [0.25, 0.3) is 0 Å². The monoisotopic (exact) mass is 343 g/mol. The summed E-state index contributed by atoms with van der Waals surface area (Å²) in [5.41, 5.74) is 6.94. The topological polar surface area (TPSA) is 35.2 Å². The number of rotatable bonds is 3. The van der Waals surface area contributed by atoms with Gasteiger partial charge in [0.2, 0.25) is 0 Å². The van der Waals surface area contributed by atoms with Crippen LogP contribution in [-0.2, 0) is 6.61 Å². The Hall–Kier alpha value is -1.30. The van der Waals surface area contributed by atoms with Crippen molar-refractivity contribution >= 4 is 28.3 Å². The standard InChI is InChI=1S/C13H11FINO/c14-11-2-1-3-12(16)13(11)17-8-9-4-6-10(15)7-5-9/h1-7H,8,16H2. The fourth-order valence-corrected chi connectivity index (χ4v) is 1.77. The third-order valence-electron chi connectivity index (χ3n) is 2.29. The maximum Gasteiger partial charge on any atom is 0.178 e. The second kappa shape index (κ2) is 5.35. The van der Waals surface area contributed by atoms with Crippen LogP contribution >= 0.6 is 22.6 Å². The largest absolute Gasteiger partial charge is 0.484 e. The van der Waals surface area contributed by atoms with Crippen LogP contribution < -0.4 is 10.5 Å². The van der Waals surface area contributed by atoms with Crippen LogP contribution in [0.15, 0.2) is 42.5 Å². The lowest BCUT2D eigenvalue weighted by Crippen LogP contribution is -2.00. The minimum atomic E-state index is -0.435. The quantitative estimate of drug-likeness (QED) is 0.683. The summed E-state index contributed by atoms with van der Waals surface area (Å²) >= 11 is 2.23. The van der Waals surface area contributed by atoms with Gasteiger partial charge in [0.25, 0.3) is 0 Å². The fourth-order valence-electron chi connectivity index (χ4n) is 1.41. The van der Waals surface area contributed by atoms with Crippen molar-refractivity contribution in [2.24, 2.45) is 0 Å². The van der Waals surface area contributed by atoms with Gasteiger partial charge in [-0.15, -0.1) is 0 Å². The number of nitrogen functional groups attached to an aromatic ring is 1. The lowest BCUT2D eigenvalue weighted by atomic mass is 10.2. The van der Waals surface area contributed by atoms with Crippen molar-refractivity contribution < 1.29 is 9.13 Å². The number of ether oxygens (including phenoxy) is 1. The van der Waals surface area contributed by atoms with Gasteiger partial charge in [0.15, 0.2) is 11.6 Å². The first-order valence-electron chi connectivity index (χ1n) is 5.08. The smallest absolute Gasteiger partial charge is 0.178 e. The Kier molecular flexibility index (Phi) is 3.83. The van der Waals surface area contributed by atoms with Gasteiger partial charge in [0.1, 0.15) is 6.61 Å². The molecule has 0 saturated carbocycles. The molecule has 0 aliphatic rings. The zero-order chi connectivity index (χ0) is 12.3. The van der Waals surface area contributed by atoms with Gasteiger partial charge in [-0.2, -0.15) is 0 Å². The molecule has 0 radical (unpaired) electrons. The molecule has 2 N–H and O–H groups in total. The molecule has 88 valence electrons. The molecule has 0 aliphatic carbocycles. The first-order chi connectivity index (χ1) is 8.16. The zero-order valence-electron chi connectivity index (χ0n) is 8.99. The van der Waals surface area contributed by atoms with Crippen molar-refractivity contribution in [3.63, 3.8) is 0 Å². The van der Waals surface area contributed by atoms with Gasteiger partial charge in [0.05, 0.1) is 5.69 Å². The van der Waals surface area contributed by atoms with Crippen LogP contribution in [-0.4, -0.2) is 0 Å². The third kappa shape index (κ3) is 3.09. The summed E-state index contributed by atoms with van der Waals surface area (Å²) in [6, 6.07) is 12.3. The van der Waals surface area contributed by atoms with E-state index in [1.165, 1.54) is 6.07 Å². The highest BCUT2D eigenvalue weighted by atomic mass is 127. The number of hydrogen-bond donors (Lipinski definition) is 1. The maximum absolute atomic E-state index is 13.4. The molecule has 0 atom stereocenters.